The smallest absolute Gasteiger partial charge is 0.414 e. The van der Waals surface area contributed by atoms with Crippen LogP contribution >= 0.6 is 0 Å². The lowest BCUT2D eigenvalue weighted by molar-refractivity contribution is -0.159. The minimum atomic E-state index is -1.82. The fraction of sp³-hybridized carbons (Fsp3) is 0.812. The highest BCUT2D eigenvalue weighted by Crippen LogP contribution is 2.30. The third kappa shape index (κ3) is 6.74. The molecule has 0 saturated carbocycles. The maximum absolute atomic E-state index is 12.0. The maximum Gasteiger partial charge on any atom is 0.414 e. The highest BCUT2D eigenvalue weighted by atomic mass is 16.6. The molecule has 2 heterocycles. The number of carbonyl (C=O) groups is 3. The summed E-state index contributed by atoms with van der Waals surface area (Å²) in [7, 11) is 0. The predicted molar refractivity (Wildman–Crippen MR) is 86.9 cm³/mol. The van der Waals surface area contributed by atoms with Gasteiger partial charge in [0.1, 0.15) is 5.60 Å². The van der Waals surface area contributed by atoms with Crippen molar-refractivity contribution in [3.05, 3.63) is 0 Å². The second-order valence-corrected chi connectivity index (χ2v) is 7.24. The van der Waals surface area contributed by atoms with Crippen molar-refractivity contribution in [2.24, 2.45) is 0 Å². The van der Waals surface area contributed by atoms with Crippen LogP contribution in [0.4, 0.5) is 4.79 Å². The van der Waals surface area contributed by atoms with Crippen molar-refractivity contribution in [2.75, 3.05) is 19.6 Å². The first-order valence-electron chi connectivity index (χ1n) is 8.24. The van der Waals surface area contributed by atoms with Gasteiger partial charge in [-0.25, -0.2) is 14.4 Å². The van der Waals surface area contributed by atoms with E-state index in [2.05, 4.69) is 5.32 Å². The molecule has 8 heteroatoms. The molecule has 0 atom stereocenters. The lowest BCUT2D eigenvalue weighted by Crippen LogP contribution is -2.56. The Labute approximate surface area is 142 Å². The second kappa shape index (κ2) is 8.32. The van der Waals surface area contributed by atoms with Crippen LogP contribution in [0.25, 0.3) is 0 Å². The summed E-state index contributed by atoms with van der Waals surface area (Å²) in [5.74, 6) is -3.65. The quantitative estimate of drug-likeness (QED) is 0.572. The van der Waals surface area contributed by atoms with Crippen molar-refractivity contribution in [2.45, 2.75) is 64.0 Å². The van der Waals surface area contributed by atoms with E-state index in [4.69, 9.17) is 24.5 Å². The van der Waals surface area contributed by atoms with E-state index in [1.165, 1.54) is 19.3 Å². The van der Waals surface area contributed by atoms with Crippen LogP contribution in [-0.2, 0) is 14.3 Å². The van der Waals surface area contributed by atoms with E-state index in [9.17, 15) is 4.79 Å². The largest absolute Gasteiger partial charge is 0.473 e. The molecule has 8 nitrogen and oxygen atoms in total. The molecule has 0 aromatic rings. The number of piperidine rings is 2. The van der Waals surface area contributed by atoms with Gasteiger partial charge in [-0.3, -0.25) is 0 Å². The van der Waals surface area contributed by atoms with Gasteiger partial charge in [0.05, 0.1) is 0 Å². The molecule has 2 saturated heterocycles. The van der Waals surface area contributed by atoms with Crippen molar-refractivity contribution in [3.8, 4) is 0 Å². The molecule has 2 aliphatic rings. The van der Waals surface area contributed by atoms with Crippen molar-refractivity contribution in [1.29, 1.82) is 0 Å². The topological polar surface area (TPSA) is 116 Å². The van der Waals surface area contributed by atoms with E-state index in [0.29, 0.717) is 5.54 Å². The molecule has 2 fully saturated rings. The van der Waals surface area contributed by atoms with Crippen LogP contribution in [0.5, 0.6) is 0 Å². The Bertz CT molecular complexity index is 444. The Morgan fingerprint density at radius 1 is 1.00 bits per heavy atom. The molecular weight excluding hydrogens is 316 g/mol. The lowest BCUT2D eigenvalue weighted by Gasteiger charge is -2.45. The summed E-state index contributed by atoms with van der Waals surface area (Å²) in [4.78, 5) is 32.0. The second-order valence-electron chi connectivity index (χ2n) is 7.24. The summed E-state index contributed by atoms with van der Waals surface area (Å²) < 4.78 is 5.42. The number of carbonyl (C=O) groups excluding carboxylic acids is 1. The summed E-state index contributed by atoms with van der Waals surface area (Å²) >= 11 is 0. The number of carboxylic acids is 2. The van der Waals surface area contributed by atoms with Crippen LogP contribution in [0.2, 0.25) is 0 Å². The van der Waals surface area contributed by atoms with E-state index >= 15 is 0 Å². The van der Waals surface area contributed by atoms with Gasteiger partial charge in [0.25, 0.3) is 0 Å². The van der Waals surface area contributed by atoms with E-state index < -0.39 is 17.5 Å². The number of nitrogens with one attached hydrogen (secondary N) is 1. The molecule has 3 N–H and O–H groups in total. The predicted octanol–water partition coefficient (Wildman–Crippen LogP) is 1.69. The molecule has 0 aromatic carbocycles. The monoisotopic (exact) mass is 344 g/mol. The molecular formula is C16H28N2O6. The molecule has 0 unspecified atom stereocenters. The first-order chi connectivity index (χ1) is 11.0. The van der Waals surface area contributed by atoms with E-state index in [1.54, 1.807) is 0 Å². The number of ether oxygens (including phenoxy) is 1. The molecule has 0 radical (unpaired) electrons. The van der Waals surface area contributed by atoms with Crippen LogP contribution in [0.15, 0.2) is 0 Å². The number of likely N-dealkylation sites (tertiary alicyclic amines) is 1. The highest BCUT2D eigenvalue weighted by Gasteiger charge is 2.37. The van der Waals surface area contributed by atoms with Crippen LogP contribution in [0, 0.1) is 0 Å². The number of amides is 1. The Morgan fingerprint density at radius 2 is 1.54 bits per heavy atom. The van der Waals surface area contributed by atoms with E-state index in [0.717, 1.165) is 32.5 Å². The molecule has 138 valence electrons. The van der Waals surface area contributed by atoms with Crippen molar-refractivity contribution < 1.29 is 29.3 Å². The Kier molecular flexibility index (Phi) is 7.01. The minimum Gasteiger partial charge on any atom is -0.473 e. The fourth-order valence-corrected chi connectivity index (χ4v) is 2.90. The van der Waals surface area contributed by atoms with Gasteiger partial charge in [-0.15, -0.1) is 0 Å². The average Bonchev–Trinajstić information content (AvgIpc) is 2.47. The van der Waals surface area contributed by atoms with Crippen LogP contribution in [0.1, 0.15) is 52.9 Å². The molecule has 0 bridgehead atoms. The number of carboxylic acid groups (broad SMARTS) is 2. The molecule has 0 aliphatic carbocycles. The van der Waals surface area contributed by atoms with Gasteiger partial charge in [-0.2, -0.15) is 0 Å². The van der Waals surface area contributed by atoms with Gasteiger partial charge in [0.15, 0.2) is 0 Å². The molecule has 1 amide bonds. The number of nitrogens with zero attached hydrogens (tertiary/aromatic N) is 1. The zero-order chi connectivity index (χ0) is 18.4. The third-order valence-electron chi connectivity index (χ3n) is 4.14. The van der Waals surface area contributed by atoms with Gasteiger partial charge in [-0.05, 0) is 53.0 Å². The average molecular weight is 344 g/mol. The van der Waals surface area contributed by atoms with Crippen LogP contribution in [0.3, 0.4) is 0 Å². The summed E-state index contributed by atoms with van der Waals surface area (Å²) in [6.07, 6.45) is 5.83. The Morgan fingerprint density at radius 3 is 1.92 bits per heavy atom. The molecule has 24 heavy (non-hydrogen) atoms. The van der Waals surface area contributed by atoms with Crippen LogP contribution < -0.4 is 5.32 Å². The Hall–Kier alpha value is -1.83. The van der Waals surface area contributed by atoms with E-state index in [1.807, 2.05) is 25.7 Å². The zero-order valence-electron chi connectivity index (χ0n) is 14.6. The van der Waals surface area contributed by atoms with Crippen molar-refractivity contribution in [1.82, 2.24) is 10.2 Å². The highest BCUT2D eigenvalue weighted by molar-refractivity contribution is 6.27. The first-order valence-corrected chi connectivity index (χ1v) is 8.24. The van der Waals surface area contributed by atoms with Crippen molar-refractivity contribution >= 4 is 18.0 Å². The van der Waals surface area contributed by atoms with Gasteiger partial charge >= 0.3 is 18.0 Å². The third-order valence-corrected chi connectivity index (χ3v) is 4.14. The van der Waals surface area contributed by atoms with E-state index in [-0.39, 0.29) is 6.09 Å². The maximum atomic E-state index is 12.0. The molecule has 0 aromatic heterocycles. The standard InChI is InChI=1S/C14H26N2O2.C2H2O4/c1-13(2,3)18-12(17)16-10-7-14(8-11-16)6-4-5-9-15-14;3-1(4)2(5)6/h15H,4-11H2,1-3H3;(H,3,4)(H,5,6). The number of hydrogen-bond acceptors (Lipinski definition) is 5. The first kappa shape index (κ1) is 20.2. The SMILES string of the molecule is CC(C)(C)OC(=O)N1CCC2(CCCCN2)CC1.O=C(O)C(=O)O. The number of rotatable bonds is 0. The number of hydrogen-bond donors (Lipinski definition) is 3. The molecule has 2 rings (SSSR count). The fourth-order valence-electron chi connectivity index (χ4n) is 2.90. The summed E-state index contributed by atoms with van der Waals surface area (Å²) in [5.41, 5.74) is -0.0912. The Balaban J connectivity index is 0.000000413. The molecule has 1 spiro atoms. The summed E-state index contributed by atoms with van der Waals surface area (Å²) in [6.45, 7) is 8.52. The zero-order valence-corrected chi connectivity index (χ0v) is 14.6. The normalized spacial score (nSPS) is 19.9. The summed E-state index contributed by atoms with van der Waals surface area (Å²) in [6, 6.07) is 0. The minimum absolute atomic E-state index is 0.159. The van der Waals surface area contributed by atoms with Gasteiger partial charge in [0, 0.05) is 18.6 Å². The summed E-state index contributed by atoms with van der Waals surface area (Å²) in [5, 5.41) is 18.4. The number of aliphatic carboxylic acids is 2. The van der Waals surface area contributed by atoms with Crippen molar-refractivity contribution in [3.63, 3.8) is 0 Å². The van der Waals surface area contributed by atoms with Crippen LogP contribution in [-0.4, -0.2) is 63.9 Å². The molecule has 2 aliphatic heterocycles. The van der Waals surface area contributed by atoms with Gasteiger partial charge in [0.2, 0.25) is 0 Å². The van der Waals surface area contributed by atoms with Gasteiger partial charge < -0.3 is 25.2 Å². The van der Waals surface area contributed by atoms with Gasteiger partial charge in [-0.1, -0.05) is 6.42 Å². The lowest BCUT2D eigenvalue weighted by atomic mass is 9.80.